The van der Waals surface area contributed by atoms with Crippen LogP contribution in [0.2, 0.25) is 0 Å². The highest BCUT2D eigenvalue weighted by Crippen LogP contribution is 2.26. The van der Waals surface area contributed by atoms with Crippen LogP contribution in [-0.4, -0.2) is 6.10 Å². The Hall–Kier alpha value is -1.49. The second-order valence-electron chi connectivity index (χ2n) is 4.47. The Balaban J connectivity index is 2.10. The molecule has 0 aromatic heterocycles. The highest BCUT2D eigenvalue weighted by Gasteiger charge is 2.15. The van der Waals surface area contributed by atoms with Crippen molar-refractivity contribution in [2.75, 3.05) is 0 Å². The first-order valence-electron chi connectivity index (χ1n) is 5.97. The van der Waals surface area contributed by atoms with Crippen LogP contribution in [-0.2, 0) is 0 Å². The SMILES string of the molecule is Cc1ccc(C#N)cc1OC1CCCCC1. The molecular formula is C14H17NO. The Labute approximate surface area is 96.9 Å². The Bertz CT molecular complexity index is 400. The van der Waals surface area contributed by atoms with Gasteiger partial charge < -0.3 is 4.74 Å². The minimum atomic E-state index is 0.349. The normalized spacial score (nSPS) is 16.8. The van der Waals surface area contributed by atoms with Crippen LogP contribution in [0.15, 0.2) is 18.2 Å². The van der Waals surface area contributed by atoms with Gasteiger partial charge in [0.2, 0.25) is 0 Å². The molecule has 1 fully saturated rings. The van der Waals surface area contributed by atoms with Gasteiger partial charge in [-0.05, 0) is 50.3 Å². The minimum Gasteiger partial charge on any atom is -0.490 e. The fraction of sp³-hybridized carbons (Fsp3) is 0.500. The van der Waals surface area contributed by atoms with Crippen LogP contribution < -0.4 is 4.74 Å². The lowest BCUT2D eigenvalue weighted by Crippen LogP contribution is -2.20. The van der Waals surface area contributed by atoms with E-state index in [0.717, 1.165) is 24.2 Å². The number of benzene rings is 1. The maximum atomic E-state index is 8.85. The third kappa shape index (κ3) is 2.55. The van der Waals surface area contributed by atoms with E-state index >= 15 is 0 Å². The first kappa shape index (κ1) is 11.0. The molecule has 1 aromatic rings. The van der Waals surface area contributed by atoms with E-state index in [1.807, 2.05) is 25.1 Å². The van der Waals surface area contributed by atoms with Crippen LogP contribution in [0.3, 0.4) is 0 Å². The van der Waals surface area contributed by atoms with Gasteiger partial charge in [-0.1, -0.05) is 12.5 Å². The molecule has 2 nitrogen and oxygen atoms in total. The van der Waals surface area contributed by atoms with Crippen molar-refractivity contribution in [2.24, 2.45) is 0 Å². The van der Waals surface area contributed by atoms with Gasteiger partial charge >= 0.3 is 0 Å². The summed E-state index contributed by atoms with van der Waals surface area (Å²) < 4.78 is 5.98. The van der Waals surface area contributed by atoms with E-state index < -0.39 is 0 Å². The Morgan fingerprint density at radius 2 is 2.00 bits per heavy atom. The fourth-order valence-electron chi connectivity index (χ4n) is 2.16. The maximum absolute atomic E-state index is 8.85. The Kier molecular flexibility index (Phi) is 3.46. The zero-order valence-corrected chi connectivity index (χ0v) is 9.70. The molecule has 0 aliphatic heterocycles. The topological polar surface area (TPSA) is 33.0 Å². The molecule has 0 bridgehead atoms. The summed E-state index contributed by atoms with van der Waals surface area (Å²) in [4.78, 5) is 0. The third-order valence-corrected chi connectivity index (χ3v) is 3.16. The van der Waals surface area contributed by atoms with Crippen molar-refractivity contribution in [3.63, 3.8) is 0 Å². The maximum Gasteiger partial charge on any atom is 0.123 e. The van der Waals surface area contributed by atoms with E-state index in [0.29, 0.717) is 11.7 Å². The zero-order chi connectivity index (χ0) is 11.4. The molecule has 2 rings (SSSR count). The summed E-state index contributed by atoms with van der Waals surface area (Å²) in [5.74, 6) is 0.881. The average molecular weight is 215 g/mol. The number of hydrogen-bond donors (Lipinski definition) is 0. The van der Waals surface area contributed by atoms with Crippen molar-refractivity contribution < 1.29 is 4.74 Å². The molecule has 2 heteroatoms. The Morgan fingerprint density at radius 3 is 2.69 bits per heavy atom. The molecule has 0 unspecified atom stereocenters. The molecule has 1 aliphatic rings. The van der Waals surface area contributed by atoms with Crippen molar-refractivity contribution in [3.8, 4) is 11.8 Å². The Morgan fingerprint density at radius 1 is 1.25 bits per heavy atom. The van der Waals surface area contributed by atoms with Gasteiger partial charge in [-0.3, -0.25) is 0 Å². The summed E-state index contributed by atoms with van der Waals surface area (Å²) in [7, 11) is 0. The highest BCUT2D eigenvalue weighted by molar-refractivity contribution is 5.41. The first-order chi connectivity index (χ1) is 7.79. The van der Waals surface area contributed by atoms with Crippen molar-refractivity contribution in [1.82, 2.24) is 0 Å². The number of ether oxygens (including phenoxy) is 1. The van der Waals surface area contributed by atoms with E-state index in [2.05, 4.69) is 6.07 Å². The largest absolute Gasteiger partial charge is 0.490 e. The number of nitriles is 1. The number of rotatable bonds is 2. The van der Waals surface area contributed by atoms with Crippen LogP contribution in [0.1, 0.15) is 43.2 Å². The summed E-state index contributed by atoms with van der Waals surface area (Å²) in [6.45, 7) is 2.03. The highest BCUT2D eigenvalue weighted by atomic mass is 16.5. The lowest BCUT2D eigenvalue weighted by Gasteiger charge is -2.23. The van der Waals surface area contributed by atoms with Crippen molar-refractivity contribution in [1.29, 1.82) is 5.26 Å². The van der Waals surface area contributed by atoms with Crippen molar-refractivity contribution in [3.05, 3.63) is 29.3 Å². The predicted molar refractivity (Wildman–Crippen MR) is 63.4 cm³/mol. The minimum absolute atomic E-state index is 0.349. The van der Waals surface area contributed by atoms with E-state index in [1.54, 1.807) is 0 Å². The standard InChI is InChI=1S/C14H17NO/c1-11-7-8-12(10-15)9-14(11)16-13-5-3-2-4-6-13/h7-9,13H,2-6H2,1H3. The lowest BCUT2D eigenvalue weighted by atomic mass is 9.97. The second kappa shape index (κ2) is 5.03. The monoisotopic (exact) mass is 215 g/mol. The lowest BCUT2D eigenvalue weighted by molar-refractivity contribution is 0.154. The van der Waals surface area contributed by atoms with Gasteiger partial charge in [-0.2, -0.15) is 5.26 Å². The smallest absolute Gasteiger partial charge is 0.123 e. The second-order valence-corrected chi connectivity index (χ2v) is 4.47. The van der Waals surface area contributed by atoms with Crippen LogP contribution in [0, 0.1) is 18.3 Å². The van der Waals surface area contributed by atoms with Crippen LogP contribution >= 0.6 is 0 Å². The molecule has 1 aromatic carbocycles. The van der Waals surface area contributed by atoms with Gasteiger partial charge in [0.1, 0.15) is 5.75 Å². The van der Waals surface area contributed by atoms with Crippen molar-refractivity contribution in [2.45, 2.75) is 45.1 Å². The fourth-order valence-corrected chi connectivity index (χ4v) is 2.16. The van der Waals surface area contributed by atoms with Gasteiger partial charge in [-0.25, -0.2) is 0 Å². The molecule has 0 N–H and O–H groups in total. The summed E-state index contributed by atoms with van der Waals surface area (Å²) in [5, 5.41) is 8.85. The molecule has 1 aliphatic carbocycles. The molecule has 0 atom stereocenters. The molecule has 0 radical (unpaired) electrons. The molecule has 0 amide bonds. The van der Waals surface area contributed by atoms with Crippen LogP contribution in [0.4, 0.5) is 0 Å². The molecule has 0 spiro atoms. The number of nitrogens with zero attached hydrogens (tertiary/aromatic N) is 1. The summed E-state index contributed by atoms with van der Waals surface area (Å²) in [6, 6.07) is 7.79. The van der Waals surface area contributed by atoms with Gasteiger partial charge in [-0.15, -0.1) is 0 Å². The van der Waals surface area contributed by atoms with Crippen LogP contribution in [0.5, 0.6) is 5.75 Å². The predicted octanol–water partition coefficient (Wildman–Crippen LogP) is 3.58. The van der Waals surface area contributed by atoms with Crippen LogP contribution in [0.25, 0.3) is 0 Å². The summed E-state index contributed by atoms with van der Waals surface area (Å²) in [5.41, 5.74) is 1.79. The van der Waals surface area contributed by atoms with E-state index in [9.17, 15) is 0 Å². The van der Waals surface area contributed by atoms with Gasteiger partial charge in [0.25, 0.3) is 0 Å². The molecule has 0 heterocycles. The van der Waals surface area contributed by atoms with Crippen molar-refractivity contribution >= 4 is 0 Å². The molecular weight excluding hydrogens is 198 g/mol. The summed E-state index contributed by atoms with van der Waals surface area (Å²) >= 11 is 0. The summed E-state index contributed by atoms with van der Waals surface area (Å²) in [6.07, 6.45) is 6.51. The molecule has 16 heavy (non-hydrogen) atoms. The van der Waals surface area contributed by atoms with Gasteiger partial charge in [0.05, 0.1) is 17.7 Å². The van der Waals surface area contributed by atoms with E-state index in [-0.39, 0.29) is 0 Å². The van der Waals surface area contributed by atoms with Gasteiger partial charge in [0.15, 0.2) is 0 Å². The van der Waals surface area contributed by atoms with E-state index in [4.69, 9.17) is 10.00 Å². The zero-order valence-electron chi connectivity index (χ0n) is 9.70. The quantitative estimate of drug-likeness (QED) is 0.755. The molecule has 1 saturated carbocycles. The van der Waals surface area contributed by atoms with E-state index in [1.165, 1.54) is 19.3 Å². The average Bonchev–Trinajstić information content (AvgIpc) is 2.33. The third-order valence-electron chi connectivity index (χ3n) is 3.16. The molecule has 84 valence electrons. The number of aryl methyl sites for hydroxylation is 1. The van der Waals surface area contributed by atoms with Gasteiger partial charge in [0, 0.05) is 0 Å². The number of hydrogen-bond acceptors (Lipinski definition) is 2. The first-order valence-corrected chi connectivity index (χ1v) is 5.97. The molecule has 0 saturated heterocycles.